The van der Waals surface area contributed by atoms with Crippen molar-refractivity contribution in [3.8, 4) is 0 Å². The van der Waals surface area contributed by atoms with Crippen molar-refractivity contribution in [1.29, 1.82) is 0 Å². The van der Waals surface area contributed by atoms with Crippen LogP contribution in [-0.4, -0.2) is 14.8 Å². The molecule has 0 aliphatic carbocycles. The quantitative estimate of drug-likeness (QED) is 0.752. The van der Waals surface area contributed by atoms with Crippen LogP contribution >= 0.6 is 0 Å². The van der Waals surface area contributed by atoms with Crippen LogP contribution in [0.3, 0.4) is 0 Å². The first-order chi connectivity index (χ1) is 9.47. The molecule has 2 heterocycles. The van der Waals surface area contributed by atoms with Crippen molar-refractivity contribution >= 4 is 0 Å². The Morgan fingerprint density at radius 1 is 1.25 bits per heavy atom. The van der Waals surface area contributed by atoms with Crippen LogP contribution in [0.1, 0.15) is 35.7 Å². The first kappa shape index (κ1) is 13.1. The largest absolute Gasteiger partial charge is 0.416 e. The van der Waals surface area contributed by atoms with Crippen LogP contribution in [0.5, 0.6) is 0 Å². The van der Waals surface area contributed by atoms with Gasteiger partial charge in [0.15, 0.2) is 0 Å². The Hall–Kier alpha value is -1.92. The van der Waals surface area contributed by atoms with E-state index in [9.17, 15) is 17.6 Å². The van der Waals surface area contributed by atoms with E-state index in [1.165, 1.54) is 12.4 Å². The van der Waals surface area contributed by atoms with E-state index in [2.05, 4.69) is 10.1 Å². The summed E-state index contributed by atoms with van der Waals surface area (Å²) in [5.74, 6) is -0.879. The van der Waals surface area contributed by atoms with E-state index < -0.39 is 23.5 Å². The SMILES string of the molecule is Fc1ccc(C2CCCn3ncnc32)c(C(F)(F)F)c1. The van der Waals surface area contributed by atoms with Crippen LogP contribution in [0.25, 0.3) is 0 Å². The molecule has 106 valence electrons. The van der Waals surface area contributed by atoms with Gasteiger partial charge in [0.1, 0.15) is 18.0 Å². The summed E-state index contributed by atoms with van der Waals surface area (Å²) in [6, 6.07) is 2.80. The molecule has 2 aromatic rings. The second-order valence-corrected chi connectivity index (χ2v) is 4.77. The lowest BCUT2D eigenvalue weighted by Gasteiger charge is -2.25. The smallest absolute Gasteiger partial charge is 0.249 e. The number of nitrogens with zero attached hydrogens (tertiary/aromatic N) is 3. The highest BCUT2D eigenvalue weighted by Gasteiger charge is 2.37. The Morgan fingerprint density at radius 3 is 2.80 bits per heavy atom. The molecule has 7 heteroatoms. The van der Waals surface area contributed by atoms with Crippen molar-refractivity contribution in [3.63, 3.8) is 0 Å². The number of hydrogen-bond donors (Lipinski definition) is 0. The molecule has 1 aliphatic rings. The van der Waals surface area contributed by atoms with Crippen LogP contribution in [0.4, 0.5) is 17.6 Å². The van der Waals surface area contributed by atoms with Crippen LogP contribution in [-0.2, 0) is 12.7 Å². The third kappa shape index (κ3) is 2.17. The summed E-state index contributed by atoms with van der Waals surface area (Å²) < 4.78 is 54.0. The van der Waals surface area contributed by atoms with Gasteiger partial charge in [0, 0.05) is 12.5 Å². The van der Waals surface area contributed by atoms with E-state index >= 15 is 0 Å². The molecule has 0 fully saturated rings. The topological polar surface area (TPSA) is 30.7 Å². The molecule has 0 N–H and O–H groups in total. The number of fused-ring (bicyclic) bond motifs is 1. The minimum atomic E-state index is -4.58. The monoisotopic (exact) mass is 285 g/mol. The zero-order valence-corrected chi connectivity index (χ0v) is 10.4. The minimum Gasteiger partial charge on any atom is -0.249 e. The highest BCUT2D eigenvalue weighted by molar-refractivity contribution is 5.37. The maximum absolute atomic E-state index is 13.1. The van der Waals surface area contributed by atoms with E-state index in [1.807, 2.05) is 0 Å². The van der Waals surface area contributed by atoms with Gasteiger partial charge in [-0.15, -0.1) is 0 Å². The first-order valence-corrected chi connectivity index (χ1v) is 6.21. The van der Waals surface area contributed by atoms with Crippen LogP contribution < -0.4 is 0 Å². The standard InChI is InChI=1S/C13H11F4N3/c14-8-3-4-9(11(6-8)13(15,16)17)10-2-1-5-20-12(10)18-7-19-20/h3-4,6-7,10H,1-2,5H2. The number of aromatic nitrogens is 3. The second kappa shape index (κ2) is 4.57. The van der Waals surface area contributed by atoms with Crippen molar-refractivity contribution in [1.82, 2.24) is 14.8 Å². The summed E-state index contributed by atoms with van der Waals surface area (Å²) >= 11 is 0. The van der Waals surface area contributed by atoms with Crippen molar-refractivity contribution in [2.24, 2.45) is 0 Å². The van der Waals surface area contributed by atoms with Gasteiger partial charge in [0.2, 0.25) is 0 Å². The summed E-state index contributed by atoms with van der Waals surface area (Å²) in [6.45, 7) is 0.647. The Balaban J connectivity index is 2.13. The van der Waals surface area contributed by atoms with Crippen molar-refractivity contribution < 1.29 is 17.6 Å². The Bertz CT molecular complexity index is 633. The summed E-state index contributed by atoms with van der Waals surface area (Å²) in [4.78, 5) is 4.05. The van der Waals surface area contributed by atoms with Gasteiger partial charge in [-0.3, -0.25) is 0 Å². The van der Waals surface area contributed by atoms with E-state index in [-0.39, 0.29) is 5.56 Å². The van der Waals surface area contributed by atoms with E-state index in [1.54, 1.807) is 4.68 Å². The number of alkyl halides is 3. The molecule has 20 heavy (non-hydrogen) atoms. The highest BCUT2D eigenvalue weighted by atomic mass is 19.4. The summed E-state index contributed by atoms with van der Waals surface area (Å²) in [7, 11) is 0. The maximum atomic E-state index is 13.1. The van der Waals surface area contributed by atoms with Crippen molar-refractivity contribution in [2.45, 2.75) is 31.5 Å². The molecule has 1 atom stereocenters. The van der Waals surface area contributed by atoms with Crippen LogP contribution in [0.2, 0.25) is 0 Å². The van der Waals surface area contributed by atoms with Crippen molar-refractivity contribution in [3.05, 3.63) is 47.3 Å². The molecule has 3 nitrogen and oxygen atoms in total. The summed E-state index contributed by atoms with van der Waals surface area (Å²) in [6.07, 6.45) is -1.98. The lowest BCUT2D eigenvalue weighted by Crippen LogP contribution is -2.21. The molecule has 0 spiro atoms. The number of hydrogen-bond acceptors (Lipinski definition) is 2. The third-order valence-electron chi connectivity index (χ3n) is 3.52. The average Bonchev–Trinajstić information content (AvgIpc) is 2.86. The molecule has 0 radical (unpaired) electrons. The maximum Gasteiger partial charge on any atom is 0.416 e. The molecule has 0 bridgehead atoms. The van der Waals surface area contributed by atoms with Gasteiger partial charge in [-0.2, -0.15) is 18.3 Å². The molecule has 0 amide bonds. The molecule has 0 saturated carbocycles. The second-order valence-electron chi connectivity index (χ2n) is 4.77. The Labute approximate surface area is 112 Å². The molecule has 1 aromatic carbocycles. The normalized spacial score (nSPS) is 18.9. The molecule has 1 aliphatic heterocycles. The number of benzene rings is 1. The fourth-order valence-corrected chi connectivity index (χ4v) is 2.66. The fourth-order valence-electron chi connectivity index (χ4n) is 2.66. The predicted molar refractivity (Wildman–Crippen MR) is 62.5 cm³/mol. The van der Waals surface area contributed by atoms with Gasteiger partial charge in [-0.05, 0) is 30.5 Å². The van der Waals surface area contributed by atoms with E-state index in [4.69, 9.17) is 0 Å². The minimum absolute atomic E-state index is 0.0628. The van der Waals surface area contributed by atoms with Crippen LogP contribution in [0.15, 0.2) is 24.5 Å². The van der Waals surface area contributed by atoms with Crippen LogP contribution in [0, 0.1) is 5.82 Å². The molecule has 3 rings (SSSR count). The van der Waals surface area contributed by atoms with Crippen molar-refractivity contribution in [2.75, 3.05) is 0 Å². The Kier molecular flexibility index (Phi) is 2.99. The number of halogens is 4. The fraction of sp³-hybridized carbons (Fsp3) is 0.385. The zero-order valence-electron chi connectivity index (χ0n) is 10.4. The lowest BCUT2D eigenvalue weighted by atomic mass is 9.87. The molecule has 1 unspecified atom stereocenters. The first-order valence-electron chi connectivity index (χ1n) is 6.21. The van der Waals surface area contributed by atoms with Gasteiger partial charge < -0.3 is 0 Å². The molecular weight excluding hydrogens is 274 g/mol. The zero-order chi connectivity index (χ0) is 14.3. The van der Waals surface area contributed by atoms with Gasteiger partial charge in [-0.25, -0.2) is 14.1 Å². The number of rotatable bonds is 1. The highest BCUT2D eigenvalue weighted by Crippen LogP contribution is 2.40. The summed E-state index contributed by atoms with van der Waals surface area (Å²) in [5, 5.41) is 3.99. The predicted octanol–water partition coefficient (Wildman–Crippen LogP) is 3.36. The van der Waals surface area contributed by atoms with Gasteiger partial charge in [0.25, 0.3) is 0 Å². The van der Waals surface area contributed by atoms with Gasteiger partial charge in [-0.1, -0.05) is 6.07 Å². The van der Waals surface area contributed by atoms with Gasteiger partial charge >= 0.3 is 6.18 Å². The number of aryl methyl sites for hydroxylation is 1. The molecule has 1 aromatic heterocycles. The van der Waals surface area contributed by atoms with E-state index in [0.717, 1.165) is 12.5 Å². The molecule has 0 saturated heterocycles. The lowest BCUT2D eigenvalue weighted by molar-refractivity contribution is -0.138. The summed E-state index contributed by atoms with van der Waals surface area (Å²) in [5.41, 5.74) is -0.869. The average molecular weight is 285 g/mol. The van der Waals surface area contributed by atoms with Gasteiger partial charge in [0.05, 0.1) is 5.56 Å². The Morgan fingerprint density at radius 2 is 2.05 bits per heavy atom. The van der Waals surface area contributed by atoms with E-state index in [0.29, 0.717) is 24.9 Å². The molecular formula is C13H11F4N3. The third-order valence-corrected chi connectivity index (χ3v) is 3.52.